The number of carbonyl (C=O) groups is 1. The summed E-state index contributed by atoms with van der Waals surface area (Å²) in [5.41, 5.74) is 3.28. The molecule has 2 aromatic carbocycles. The Bertz CT molecular complexity index is 975. The van der Waals surface area contributed by atoms with Crippen LogP contribution in [0.5, 0.6) is 5.75 Å². The quantitative estimate of drug-likeness (QED) is 0.621. The fraction of sp³-hybridized carbons (Fsp3) is 0.417. The Kier molecular flexibility index (Phi) is 6.64. The standard InChI is InChI=1S/C24H29N3O3/c1-18-6-8-20(9-7-18)30-17-14-27-22-5-3-2-4-21(22)26-23(27)10-13-25-24(28)19-11-15-29-16-12-19/h2-9,19H,10-17H2,1H3,(H,25,28). The molecule has 0 radical (unpaired) electrons. The maximum absolute atomic E-state index is 12.4. The molecule has 0 bridgehead atoms. The van der Waals surface area contributed by atoms with E-state index in [9.17, 15) is 4.79 Å². The zero-order valence-electron chi connectivity index (χ0n) is 17.5. The molecule has 0 atom stereocenters. The Labute approximate surface area is 177 Å². The number of hydrogen-bond acceptors (Lipinski definition) is 4. The van der Waals surface area contributed by atoms with Gasteiger partial charge in [-0.05, 0) is 44.0 Å². The van der Waals surface area contributed by atoms with Crippen LogP contribution >= 0.6 is 0 Å². The van der Waals surface area contributed by atoms with Gasteiger partial charge in [-0.3, -0.25) is 4.79 Å². The summed E-state index contributed by atoms with van der Waals surface area (Å²) in [7, 11) is 0. The smallest absolute Gasteiger partial charge is 0.223 e. The van der Waals surface area contributed by atoms with Crippen LogP contribution in [0, 0.1) is 12.8 Å². The second kappa shape index (κ2) is 9.76. The molecule has 4 rings (SSSR count). The van der Waals surface area contributed by atoms with E-state index in [0.717, 1.165) is 35.4 Å². The largest absolute Gasteiger partial charge is 0.492 e. The minimum absolute atomic E-state index is 0.0699. The van der Waals surface area contributed by atoms with Gasteiger partial charge in [0.2, 0.25) is 5.91 Å². The number of imidazole rings is 1. The van der Waals surface area contributed by atoms with Gasteiger partial charge in [0.25, 0.3) is 0 Å². The van der Waals surface area contributed by atoms with Crippen molar-refractivity contribution in [2.45, 2.75) is 32.7 Å². The zero-order valence-corrected chi connectivity index (χ0v) is 17.5. The Balaban J connectivity index is 1.38. The van der Waals surface area contributed by atoms with Gasteiger partial charge >= 0.3 is 0 Å². The van der Waals surface area contributed by atoms with Gasteiger partial charge in [-0.25, -0.2) is 4.98 Å². The van der Waals surface area contributed by atoms with Crippen LogP contribution in [-0.2, 0) is 22.5 Å². The topological polar surface area (TPSA) is 65.4 Å². The van der Waals surface area contributed by atoms with Gasteiger partial charge < -0.3 is 19.4 Å². The fourth-order valence-corrected chi connectivity index (χ4v) is 3.86. The zero-order chi connectivity index (χ0) is 20.8. The molecule has 1 aliphatic heterocycles. The van der Waals surface area contributed by atoms with E-state index < -0.39 is 0 Å². The van der Waals surface area contributed by atoms with Crippen LogP contribution in [0.4, 0.5) is 0 Å². The number of aromatic nitrogens is 2. The molecule has 1 saturated heterocycles. The first-order valence-electron chi connectivity index (χ1n) is 10.7. The molecule has 6 nitrogen and oxygen atoms in total. The van der Waals surface area contributed by atoms with Crippen LogP contribution in [-0.4, -0.2) is 41.8 Å². The number of hydrogen-bond donors (Lipinski definition) is 1. The lowest BCUT2D eigenvalue weighted by atomic mass is 9.99. The van der Waals surface area contributed by atoms with Crippen LogP contribution in [0.1, 0.15) is 24.2 Å². The van der Waals surface area contributed by atoms with Crippen LogP contribution < -0.4 is 10.1 Å². The Morgan fingerprint density at radius 3 is 2.73 bits per heavy atom. The highest BCUT2D eigenvalue weighted by Gasteiger charge is 2.21. The number of carbonyl (C=O) groups excluding carboxylic acids is 1. The van der Waals surface area contributed by atoms with Crippen LogP contribution in [0.15, 0.2) is 48.5 Å². The molecule has 0 aliphatic carbocycles. The molecule has 0 saturated carbocycles. The Hall–Kier alpha value is -2.86. The molecular weight excluding hydrogens is 378 g/mol. The summed E-state index contributed by atoms with van der Waals surface area (Å²) in [6.07, 6.45) is 2.30. The van der Waals surface area contributed by atoms with Gasteiger partial charge in [0.15, 0.2) is 0 Å². The Morgan fingerprint density at radius 1 is 1.17 bits per heavy atom. The second-order valence-electron chi connectivity index (χ2n) is 7.76. The lowest BCUT2D eigenvalue weighted by Gasteiger charge is -2.21. The first-order chi connectivity index (χ1) is 14.7. The number of fused-ring (bicyclic) bond motifs is 1. The average molecular weight is 408 g/mol. The number of para-hydroxylation sites is 2. The van der Waals surface area contributed by atoms with Crippen molar-refractivity contribution >= 4 is 16.9 Å². The summed E-state index contributed by atoms with van der Waals surface area (Å²) in [6, 6.07) is 16.2. The van der Waals surface area contributed by atoms with Gasteiger partial charge in [0.1, 0.15) is 18.2 Å². The first-order valence-corrected chi connectivity index (χ1v) is 10.7. The summed E-state index contributed by atoms with van der Waals surface area (Å²) >= 11 is 0. The van der Waals surface area contributed by atoms with Crippen LogP contribution in [0.2, 0.25) is 0 Å². The van der Waals surface area contributed by atoms with Crippen molar-refractivity contribution in [2.24, 2.45) is 5.92 Å². The van der Waals surface area contributed by atoms with Gasteiger partial charge in [-0.2, -0.15) is 0 Å². The average Bonchev–Trinajstić information content (AvgIpc) is 3.13. The molecule has 158 valence electrons. The van der Waals surface area contributed by atoms with E-state index in [4.69, 9.17) is 14.5 Å². The number of benzene rings is 2. The lowest BCUT2D eigenvalue weighted by Crippen LogP contribution is -2.35. The summed E-state index contributed by atoms with van der Waals surface area (Å²) in [5, 5.41) is 3.08. The molecule has 30 heavy (non-hydrogen) atoms. The molecule has 0 spiro atoms. The SMILES string of the molecule is Cc1ccc(OCCn2c(CCNC(=O)C3CCOCC3)nc3ccccc32)cc1. The lowest BCUT2D eigenvalue weighted by molar-refractivity contribution is -0.127. The van der Waals surface area contributed by atoms with E-state index in [1.165, 1.54) is 5.56 Å². The van der Waals surface area contributed by atoms with Gasteiger partial charge in [0, 0.05) is 32.1 Å². The minimum atomic E-state index is 0.0699. The molecule has 1 amide bonds. The summed E-state index contributed by atoms with van der Waals surface area (Å²) < 4.78 is 13.5. The summed E-state index contributed by atoms with van der Waals surface area (Å²) in [4.78, 5) is 17.2. The third kappa shape index (κ3) is 5.00. The second-order valence-corrected chi connectivity index (χ2v) is 7.76. The van der Waals surface area contributed by atoms with Gasteiger partial charge in [-0.15, -0.1) is 0 Å². The van der Waals surface area contributed by atoms with E-state index in [1.54, 1.807) is 0 Å². The normalized spacial score (nSPS) is 14.7. The molecule has 1 aromatic heterocycles. The van der Waals surface area contributed by atoms with Crippen molar-refractivity contribution in [3.8, 4) is 5.75 Å². The van der Waals surface area contributed by atoms with Gasteiger partial charge in [-0.1, -0.05) is 29.8 Å². The predicted octanol–water partition coefficient (Wildman–Crippen LogP) is 3.51. The maximum atomic E-state index is 12.4. The molecule has 2 heterocycles. The van der Waals surface area contributed by atoms with Crippen molar-refractivity contribution in [2.75, 3.05) is 26.4 Å². The minimum Gasteiger partial charge on any atom is -0.492 e. The number of aryl methyl sites for hydroxylation is 1. The number of ether oxygens (including phenoxy) is 2. The van der Waals surface area contributed by atoms with Crippen molar-refractivity contribution in [3.05, 3.63) is 59.9 Å². The van der Waals surface area contributed by atoms with Crippen LogP contribution in [0.25, 0.3) is 11.0 Å². The number of nitrogens with zero attached hydrogens (tertiary/aromatic N) is 2. The highest BCUT2D eigenvalue weighted by atomic mass is 16.5. The molecule has 1 aliphatic rings. The van der Waals surface area contributed by atoms with Crippen LogP contribution in [0.3, 0.4) is 0 Å². The molecule has 6 heteroatoms. The number of rotatable bonds is 8. The van der Waals surface area contributed by atoms with Crippen molar-refractivity contribution < 1.29 is 14.3 Å². The monoisotopic (exact) mass is 407 g/mol. The number of amides is 1. The Morgan fingerprint density at radius 2 is 1.93 bits per heavy atom. The van der Waals surface area contributed by atoms with Crippen molar-refractivity contribution in [1.82, 2.24) is 14.9 Å². The number of nitrogens with one attached hydrogen (secondary N) is 1. The molecule has 3 aromatic rings. The third-order valence-electron chi connectivity index (χ3n) is 5.58. The highest BCUT2D eigenvalue weighted by molar-refractivity contribution is 5.79. The van der Waals surface area contributed by atoms with E-state index in [-0.39, 0.29) is 11.8 Å². The maximum Gasteiger partial charge on any atom is 0.223 e. The first kappa shape index (κ1) is 20.4. The summed E-state index contributed by atoms with van der Waals surface area (Å²) in [6.45, 7) is 5.26. The van der Waals surface area contributed by atoms with Crippen molar-refractivity contribution in [3.63, 3.8) is 0 Å². The van der Waals surface area contributed by atoms with Crippen molar-refractivity contribution in [1.29, 1.82) is 0 Å². The van der Waals surface area contributed by atoms with E-state index in [0.29, 0.717) is 39.3 Å². The molecule has 1 fully saturated rings. The summed E-state index contributed by atoms with van der Waals surface area (Å²) in [5.74, 6) is 2.04. The van der Waals surface area contributed by atoms with E-state index in [1.807, 2.05) is 30.3 Å². The third-order valence-corrected chi connectivity index (χ3v) is 5.58. The molecule has 0 unspecified atom stereocenters. The fourth-order valence-electron chi connectivity index (χ4n) is 3.86. The van der Waals surface area contributed by atoms with Gasteiger partial charge in [0.05, 0.1) is 17.6 Å². The molecular formula is C24H29N3O3. The van der Waals surface area contributed by atoms with E-state index in [2.05, 4.69) is 35.0 Å². The van der Waals surface area contributed by atoms with E-state index >= 15 is 0 Å². The molecule has 1 N–H and O–H groups in total. The highest BCUT2D eigenvalue weighted by Crippen LogP contribution is 2.18. The predicted molar refractivity (Wildman–Crippen MR) is 117 cm³/mol.